The molecule has 19 heavy (non-hydrogen) atoms. The molecule has 0 unspecified atom stereocenters. The summed E-state index contributed by atoms with van der Waals surface area (Å²) in [7, 11) is 1.82. The number of piperidine rings is 1. The summed E-state index contributed by atoms with van der Waals surface area (Å²) in [6.45, 7) is 2.29. The summed E-state index contributed by atoms with van der Waals surface area (Å²) in [4.78, 5) is 0. The summed E-state index contributed by atoms with van der Waals surface area (Å²) in [5.74, 6) is 1.82. The maximum Gasteiger partial charge on any atom is 0.122 e. The van der Waals surface area contributed by atoms with Gasteiger partial charge in [0.15, 0.2) is 0 Å². The summed E-state index contributed by atoms with van der Waals surface area (Å²) < 4.78 is 5.69. The first kappa shape index (κ1) is 13.0. The Bertz CT molecular complexity index is 435. The van der Waals surface area contributed by atoms with E-state index in [0.29, 0.717) is 5.92 Å². The Kier molecular flexibility index (Phi) is 4.07. The van der Waals surface area contributed by atoms with Gasteiger partial charge in [-0.3, -0.25) is 0 Å². The van der Waals surface area contributed by atoms with Crippen molar-refractivity contribution in [1.82, 2.24) is 5.32 Å². The Hall–Kier alpha value is -1.02. The number of nitrogens with one attached hydrogen (secondary N) is 1. The molecule has 1 saturated heterocycles. The SMILES string of the molecule is COc1cc2c(cc1C1CCNCC1)CCCCC2. The van der Waals surface area contributed by atoms with Crippen molar-refractivity contribution in [3.8, 4) is 5.75 Å². The molecular formula is C17H25NO. The minimum atomic E-state index is 0.685. The molecule has 1 N–H and O–H groups in total. The van der Waals surface area contributed by atoms with Crippen LogP contribution in [0, 0.1) is 0 Å². The zero-order chi connectivity index (χ0) is 13.1. The quantitative estimate of drug-likeness (QED) is 0.822. The second-order valence-corrected chi connectivity index (χ2v) is 5.95. The highest BCUT2D eigenvalue weighted by Crippen LogP contribution is 2.36. The number of aryl methyl sites for hydroxylation is 2. The molecule has 3 rings (SSSR count). The highest BCUT2D eigenvalue weighted by Gasteiger charge is 2.21. The van der Waals surface area contributed by atoms with Crippen LogP contribution < -0.4 is 10.1 Å². The first-order valence-electron chi connectivity index (χ1n) is 7.79. The minimum Gasteiger partial charge on any atom is -0.496 e. The highest BCUT2D eigenvalue weighted by atomic mass is 16.5. The highest BCUT2D eigenvalue weighted by molar-refractivity contribution is 5.45. The van der Waals surface area contributed by atoms with Gasteiger partial charge >= 0.3 is 0 Å². The smallest absolute Gasteiger partial charge is 0.122 e. The van der Waals surface area contributed by atoms with Gasteiger partial charge in [-0.15, -0.1) is 0 Å². The van der Waals surface area contributed by atoms with Crippen molar-refractivity contribution in [2.75, 3.05) is 20.2 Å². The molecule has 1 aromatic rings. The molecule has 0 saturated carbocycles. The van der Waals surface area contributed by atoms with Crippen LogP contribution in [-0.2, 0) is 12.8 Å². The van der Waals surface area contributed by atoms with Gasteiger partial charge in [0.05, 0.1) is 7.11 Å². The molecular weight excluding hydrogens is 234 g/mol. The average molecular weight is 259 g/mol. The molecule has 1 heterocycles. The van der Waals surface area contributed by atoms with Crippen LogP contribution in [0.5, 0.6) is 5.75 Å². The Labute approximate surface area is 116 Å². The van der Waals surface area contributed by atoms with E-state index in [2.05, 4.69) is 17.4 Å². The number of hydrogen-bond donors (Lipinski definition) is 1. The lowest BCUT2D eigenvalue weighted by atomic mass is 9.86. The van der Waals surface area contributed by atoms with Gasteiger partial charge in [-0.1, -0.05) is 12.5 Å². The van der Waals surface area contributed by atoms with Crippen molar-refractivity contribution < 1.29 is 4.74 Å². The normalized spacial score (nSPS) is 20.7. The lowest BCUT2D eigenvalue weighted by Crippen LogP contribution is -2.27. The van der Waals surface area contributed by atoms with Crippen molar-refractivity contribution in [3.05, 3.63) is 28.8 Å². The van der Waals surface area contributed by atoms with E-state index < -0.39 is 0 Å². The van der Waals surface area contributed by atoms with Crippen LogP contribution in [0.3, 0.4) is 0 Å². The molecule has 1 fully saturated rings. The third-order valence-electron chi connectivity index (χ3n) is 4.72. The predicted molar refractivity (Wildman–Crippen MR) is 79.1 cm³/mol. The van der Waals surface area contributed by atoms with Crippen LogP contribution in [0.4, 0.5) is 0 Å². The van der Waals surface area contributed by atoms with E-state index in [1.54, 1.807) is 5.56 Å². The fourth-order valence-corrected chi connectivity index (χ4v) is 3.59. The Morgan fingerprint density at radius 1 is 1.00 bits per heavy atom. The molecule has 0 spiro atoms. The standard InChI is InChI=1S/C17H25NO/c1-19-17-12-15-6-4-2-3-5-14(15)11-16(17)13-7-9-18-10-8-13/h11-13,18H,2-10H2,1H3. The Morgan fingerprint density at radius 3 is 2.37 bits per heavy atom. The van der Waals surface area contributed by atoms with Crippen LogP contribution in [0.25, 0.3) is 0 Å². The van der Waals surface area contributed by atoms with E-state index in [-0.39, 0.29) is 0 Å². The van der Waals surface area contributed by atoms with Gasteiger partial charge in [0.25, 0.3) is 0 Å². The largest absolute Gasteiger partial charge is 0.496 e. The van der Waals surface area contributed by atoms with Crippen LogP contribution in [0.2, 0.25) is 0 Å². The van der Waals surface area contributed by atoms with Crippen molar-refractivity contribution in [3.63, 3.8) is 0 Å². The van der Waals surface area contributed by atoms with E-state index in [0.717, 1.165) is 18.8 Å². The molecule has 2 heteroatoms. The molecule has 1 aliphatic carbocycles. The van der Waals surface area contributed by atoms with Gasteiger partial charge in [0, 0.05) is 0 Å². The summed E-state index contributed by atoms with van der Waals surface area (Å²) in [5.41, 5.74) is 4.59. The third kappa shape index (κ3) is 2.79. The van der Waals surface area contributed by atoms with Gasteiger partial charge in [-0.05, 0) is 80.3 Å². The van der Waals surface area contributed by atoms with E-state index in [1.807, 2.05) is 7.11 Å². The first-order valence-corrected chi connectivity index (χ1v) is 7.79. The lowest BCUT2D eigenvalue weighted by Gasteiger charge is -2.26. The van der Waals surface area contributed by atoms with E-state index in [9.17, 15) is 0 Å². The Balaban J connectivity index is 1.95. The second-order valence-electron chi connectivity index (χ2n) is 5.95. The third-order valence-corrected chi connectivity index (χ3v) is 4.72. The molecule has 0 atom stereocenters. The van der Waals surface area contributed by atoms with Gasteiger partial charge in [-0.25, -0.2) is 0 Å². The molecule has 2 aliphatic rings. The average Bonchev–Trinajstić information content (AvgIpc) is 2.71. The van der Waals surface area contributed by atoms with E-state index in [4.69, 9.17) is 4.74 Å². The van der Waals surface area contributed by atoms with Crippen LogP contribution >= 0.6 is 0 Å². The molecule has 0 radical (unpaired) electrons. The molecule has 1 aromatic carbocycles. The number of benzene rings is 1. The molecule has 2 nitrogen and oxygen atoms in total. The monoisotopic (exact) mass is 259 g/mol. The van der Waals surface area contributed by atoms with Crippen molar-refractivity contribution >= 4 is 0 Å². The van der Waals surface area contributed by atoms with E-state index >= 15 is 0 Å². The van der Waals surface area contributed by atoms with Gasteiger partial charge < -0.3 is 10.1 Å². The number of rotatable bonds is 2. The minimum absolute atomic E-state index is 0.685. The fourth-order valence-electron chi connectivity index (χ4n) is 3.59. The number of methoxy groups -OCH3 is 1. The van der Waals surface area contributed by atoms with Crippen LogP contribution in [0.1, 0.15) is 54.7 Å². The van der Waals surface area contributed by atoms with Crippen LogP contribution in [-0.4, -0.2) is 20.2 Å². The zero-order valence-corrected chi connectivity index (χ0v) is 12.0. The van der Waals surface area contributed by atoms with Crippen LogP contribution in [0.15, 0.2) is 12.1 Å². The summed E-state index contributed by atoms with van der Waals surface area (Å²) in [5, 5.41) is 3.45. The molecule has 0 amide bonds. The lowest BCUT2D eigenvalue weighted by molar-refractivity contribution is 0.391. The van der Waals surface area contributed by atoms with E-state index in [1.165, 1.54) is 56.1 Å². The maximum absolute atomic E-state index is 5.69. The molecule has 104 valence electrons. The summed E-state index contributed by atoms with van der Waals surface area (Å²) in [6, 6.07) is 4.80. The summed E-state index contributed by atoms with van der Waals surface area (Å²) >= 11 is 0. The number of hydrogen-bond acceptors (Lipinski definition) is 2. The Morgan fingerprint density at radius 2 is 1.68 bits per heavy atom. The van der Waals surface area contributed by atoms with Gasteiger partial charge in [-0.2, -0.15) is 0 Å². The van der Waals surface area contributed by atoms with Crippen molar-refractivity contribution in [2.24, 2.45) is 0 Å². The molecule has 1 aliphatic heterocycles. The second kappa shape index (κ2) is 5.96. The van der Waals surface area contributed by atoms with Gasteiger partial charge in [0.1, 0.15) is 5.75 Å². The maximum atomic E-state index is 5.69. The first-order chi connectivity index (χ1) is 9.38. The van der Waals surface area contributed by atoms with Crippen molar-refractivity contribution in [2.45, 2.75) is 50.9 Å². The van der Waals surface area contributed by atoms with Gasteiger partial charge in [0.2, 0.25) is 0 Å². The van der Waals surface area contributed by atoms with Crippen molar-refractivity contribution in [1.29, 1.82) is 0 Å². The zero-order valence-electron chi connectivity index (χ0n) is 12.0. The summed E-state index contributed by atoms with van der Waals surface area (Å²) in [6.07, 6.45) is 9.05. The topological polar surface area (TPSA) is 21.3 Å². The fraction of sp³-hybridized carbons (Fsp3) is 0.647. The predicted octanol–water partition coefficient (Wildman–Crippen LogP) is 3.43. The molecule has 0 aromatic heterocycles. The molecule has 0 bridgehead atoms. The number of fused-ring (bicyclic) bond motifs is 1. The number of ether oxygens (including phenoxy) is 1.